The Hall–Kier alpha value is -3.49. The van der Waals surface area contributed by atoms with Gasteiger partial charge in [-0.05, 0) is 0 Å². The highest BCUT2D eigenvalue weighted by molar-refractivity contribution is 5.77. The molecule has 0 atom stereocenters. The average molecular weight is 399 g/mol. The third-order valence-corrected chi connectivity index (χ3v) is 4.72. The van der Waals surface area contributed by atoms with Crippen molar-refractivity contribution in [1.82, 2.24) is 19.3 Å². The van der Waals surface area contributed by atoms with Crippen molar-refractivity contribution in [3.05, 3.63) is 48.9 Å². The molecular weight excluding hydrogens is 377 g/mol. The first kappa shape index (κ1) is 20.2. The molecule has 29 heavy (non-hydrogen) atoms. The molecule has 1 saturated heterocycles. The summed E-state index contributed by atoms with van der Waals surface area (Å²) in [6, 6.07) is 10.1. The molecule has 2 aromatic heterocycles. The number of fused-ring (bicyclic) bond motifs is 1. The predicted molar refractivity (Wildman–Crippen MR) is 107 cm³/mol. The molecule has 1 amide bonds. The van der Waals surface area contributed by atoms with Crippen molar-refractivity contribution in [3.8, 4) is 11.3 Å². The lowest BCUT2D eigenvalue weighted by Crippen LogP contribution is -2.49. The number of carbonyl (C=O) groups is 2. The standard InChI is InChI=1S/C19H20FN5O.CH2O2/c20-7-6-17(26)23-10-12-24(13-11-23)18-19-21-8-9-25(19)16(14-22-18)15-4-2-1-3-5-15;2-1-3/h1-5,8-9,14H,6-7,10-13H2;1H,(H,2,3). The molecule has 1 N–H and O–H groups in total. The number of nitrogens with zero attached hydrogens (tertiary/aromatic N) is 5. The number of amides is 1. The van der Waals surface area contributed by atoms with E-state index in [-0.39, 0.29) is 18.8 Å². The van der Waals surface area contributed by atoms with Crippen LogP contribution in [0.5, 0.6) is 0 Å². The smallest absolute Gasteiger partial charge is 0.290 e. The minimum Gasteiger partial charge on any atom is -0.483 e. The zero-order chi connectivity index (χ0) is 20.6. The van der Waals surface area contributed by atoms with Crippen molar-refractivity contribution in [2.45, 2.75) is 6.42 Å². The minimum absolute atomic E-state index is 0.0332. The van der Waals surface area contributed by atoms with E-state index in [0.29, 0.717) is 26.2 Å². The van der Waals surface area contributed by atoms with Gasteiger partial charge in [-0.15, -0.1) is 0 Å². The van der Waals surface area contributed by atoms with Crippen LogP contribution in [-0.2, 0) is 9.59 Å². The highest BCUT2D eigenvalue weighted by Gasteiger charge is 2.24. The number of piperazine rings is 1. The van der Waals surface area contributed by atoms with E-state index in [1.807, 2.05) is 47.1 Å². The number of hydrogen-bond acceptors (Lipinski definition) is 5. The monoisotopic (exact) mass is 399 g/mol. The molecule has 0 saturated carbocycles. The maximum Gasteiger partial charge on any atom is 0.290 e. The predicted octanol–water partition coefficient (Wildman–Crippen LogP) is 2.11. The Bertz CT molecular complexity index is 955. The number of rotatable bonds is 4. The fraction of sp³-hybridized carbons (Fsp3) is 0.300. The minimum atomic E-state index is -0.601. The van der Waals surface area contributed by atoms with E-state index in [0.717, 1.165) is 22.7 Å². The molecule has 4 rings (SSSR count). The molecule has 0 bridgehead atoms. The summed E-state index contributed by atoms with van der Waals surface area (Å²) < 4.78 is 14.4. The zero-order valence-electron chi connectivity index (χ0n) is 15.8. The number of carboxylic acid groups (broad SMARTS) is 1. The Morgan fingerprint density at radius 3 is 2.48 bits per heavy atom. The van der Waals surface area contributed by atoms with Gasteiger partial charge < -0.3 is 14.9 Å². The van der Waals surface area contributed by atoms with Gasteiger partial charge in [-0.3, -0.25) is 18.4 Å². The van der Waals surface area contributed by atoms with Crippen molar-refractivity contribution in [3.63, 3.8) is 0 Å². The summed E-state index contributed by atoms with van der Waals surface area (Å²) in [4.78, 5) is 33.2. The number of hydrogen-bond donors (Lipinski definition) is 1. The lowest BCUT2D eigenvalue weighted by molar-refractivity contribution is -0.131. The van der Waals surface area contributed by atoms with E-state index in [9.17, 15) is 9.18 Å². The molecule has 1 aliphatic rings. The number of imidazole rings is 1. The maximum atomic E-state index is 12.4. The Labute approximate surface area is 167 Å². The van der Waals surface area contributed by atoms with E-state index >= 15 is 0 Å². The molecule has 0 aliphatic carbocycles. The lowest BCUT2D eigenvalue weighted by Gasteiger charge is -2.35. The number of carbonyl (C=O) groups excluding carboxylic acids is 1. The van der Waals surface area contributed by atoms with Crippen molar-refractivity contribution < 1.29 is 19.1 Å². The normalized spacial score (nSPS) is 13.7. The van der Waals surface area contributed by atoms with Crippen molar-refractivity contribution in [2.24, 2.45) is 0 Å². The molecule has 152 valence electrons. The van der Waals surface area contributed by atoms with Crippen molar-refractivity contribution in [2.75, 3.05) is 37.8 Å². The first-order chi connectivity index (χ1) is 14.2. The summed E-state index contributed by atoms with van der Waals surface area (Å²) in [6.45, 7) is 1.63. The van der Waals surface area contributed by atoms with Crippen LogP contribution in [-0.4, -0.2) is 69.6 Å². The Balaban J connectivity index is 0.000000755. The average Bonchev–Trinajstić information content (AvgIpc) is 3.25. The summed E-state index contributed by atoms with van der Waals surface area (Å²) in [7, 11) is 0. The highest BCUT2D eigenvalue weighted by atomic mass is 19.1. The SMILES string of the molecule is O=C(CCF)N1CCN(c2ncc(-c3ccccc3)n3ccnc23)CC1.O=CO. The second kappa shape index (κ2) is 9.63. The molecule has 1 aromatic carbocycles. The zero-order valence-corrected chi connectivity index (χ0v) is 15.8. The number of anilines is 1. The second-order valence-electron chi connectivity index (χ2n) is 6.37. The van der Waals surface area contributed by atoms with E-state index in [2.05, 4.69) is 14.9 Å². The Morgan fingerprint density at radius 2 is 1.83 bits per heavy atom. The van der Waals surface area contributed by atoms with Crippen LogP contribution in [0, 0.1) is 0 Å². The number of benzene rings is 1. The van der Waals surface area contributed by atoms with Gasteiger partial charge in [-0.25, -0.2) is 9.97 Å². The first-order valence-corrected chi connectivity index (χ1v) is 9.23. The number of halogens is 1. The molecule has 0 spiro atoms. The van der Waals surface area contributed by atoms with Crippen molar-refractivity contribution >= 4 is 23.8 Å². The van der Waals surface area contributed by atoms with Crippen LogP contribution in [0.15, 0.2) is 48.9 Å². The van der Waals surface area contributed by atoms with Crippen LogP contribution >= 0.6 is 0 Å². The van der Waals surface area contributed by atoms with E-state index in [1.165, 1.54) is 0 Å². The summed E-state index contributed by atoms with van der Waals surface area (Å²) in [5.41, 5.74) is 2.87. The van der Waals surface area contributed by atoms with Crippen LogP contribution in [0.25, 0.3) is 16.9 Å². The van der Waals surface area contributed by atoms with Crippen LogP contribution < -0.4 is 4.90 Å². The van der Waals surface area contributed by atoms with Crippen LogP contribution in [0.3, 0.4) is 0 Å². The van der Waals surface area contributed by atoms with Gasteiger partial charge in [0.15, 0.2) is 11.5 Å². The first-order valence-electron chi connectivity index (χ1n) is 9.23. The van der Waals surface area contributed by atoms with Gasteiger partial charge in [0.05, 0.1) is 25.0 Å². The molecular formula is C20H22FN5O3. The van der Waals surface area contributed by atoms with Crippen molar-refractivity contribution in [1.29, 1.82) is 0 Å². The summed E-state index contributed by atoms with van der Waals surface area (Å²) in [5.74, 6) is 0.692. The fourth-order valence-electron chi connectivity index (χ4n) is 3.36. The van der Waals surface area contributed by atoms with Crippen LogP contribution in [0.2, 0.25) is 0 Å². The largest absolute Gasteiger partial charge is 0.483 e. The molecule has 0 radical (unpaired) electrons. The van der Waals surface area contributed by atoms with E-state index in [1.54, 1.807) is 11.1 Å². The van der Waals surface area contributed by atoms with Gasteiger partial charge in [0, 0.05) is 44.1 Å². The highest BCUT2D eigenvalue weighted by Crippen LogP contribution is 2.25. The van der Waals surface area contributed by atoms with E-state index < -0.39 is 6.67 Å². The third kappa shape index (κ3) is 4.50. The summed E-state index contributed by atoms with van der Waals surface area (Å²) in [5, 5.41) is 6.89. The number of aromatic nitrogens is 3. The van der Waals surface area contributed by atoms with Gasteiger partial charge in [-0.2, -0.15) is 0 Å². The molecule has 3 aromatic rings. The topological polar surface area (TPSA) is 91.0 Å². The summed E-state index contributed by atoms with van der Waals surface area (Å²) >= 11 is 0. The molecule has 0 unspecified atom stereocenters. The molecule has 8 nitrogen and oxygen atoms in total. The van der Waals surface area contributed by atoms with Crippen LogP contribution in [0.4, 0.5) is 10.2 Å². The van der Waals surface area contributed by atoms with Crippen LogP contribution in [0.1, 0.15) is 6.42 Å². The summed E-state index contributed by atoms with van der Waals surface area (Å²) in [6.07, 6.45) is 5.53. The second-order valence-corrected chi connectivity index (χ2v) is 6.37. The van der Waals surface area contributed by atoms with E-state index in [4.69, 9.17) is 9.90 Å². The van der Waals surface area contributed by atoms with Gasteiger partial charge in [0.2, 0.25) is 5.91 Å². The lowest BCUT2D eigenvalue weighted by atomic mass is 10.1. The number of alkyl halides is 1. The van der Waals surface area contributed by atoms with Gasteiger partial charge in [-0.1, -0.05) is 30.3 Å². The fourth-order valence-corrected chi connectivity index (χ4v) is 3.36. The molecule has 1 aliphatic heterocycles. The Kier molecular flexibility index (Phi) is 6.72. The Morgan fingerprint density at radius 1 is 1.14 bits per heavy atom. The third-order valence-electron chi connectivity index (χ3n) is 4.72. The maximum absolute atomic E-state index is 12.4. The van der Waals surface area contributed by atoms with Gasteiger partial charge >= 0.3 is 0 Å². The van der Waals surface area contributed by atoms with Gasteiger partial charge in [0.1, 0.15) is 0 Å². The van der Waals surface area contributed by atoms with Gasteiger partial charge in [0.25, 0.3) is 6.47 Å². The molecule has 3 heterocycles. The molecule has 1 fully saturated rings. The molecule has 9 heteroatoms. The quantitative estimate of drug-likeness (QED) is 0.676.